The first-order valence-corrected chi connectivity index (χ1v) is 6.58. The van der Waals surface area contributed by atoms with Crippen molar-refractivity contribution in [2.75, 3.05) is 0 Å². The van der Waals surface area contributed by atoms with E-state index in [2.05, 4.69) is 24.3 Å². The zero-order chi connectivity index (χ0) is 11.8. The van der Waals surface area contributed by atoms with Crippen molar-refractivity contribution in [1.29, 1.82) is 0 Å². The summed E-state index contributed by atoms with van der Waals surface area (Å²) in [7, 11) is 0. The third-order valence-electron chi connectivity index (χ3n) is 3.21. The van der Waals surface area contributed by atoms with Crippen LogP contribution in [0.2, 0.25) is 0 Å². The Balaban J connectivity index is 2.21. The predicted octanol–water partition coefficient (Wildman–Crippen LogP) is 3.00. The van der Waals surface area contributed by atoms with Crippen LogP contribution in [0.1, 0.15) is 27.2 Å². The van der Waals surface area contributed by atoms with Gasteiger partial charge >= 0.3 is 0 Å². The lowest BCUT2D eigenvalue weighted by Gasteiger charge is -2.04. The molecular formula is C14H13NOS. The number of benzene rings is 1. The fourth-order valence-corrected chi connectivity index (χ4v) is 3.52. The van der Waals surface area contributed by atoms with E-state index in [1.165, 1.54) is 32.9 Å². The molecule has 0 saturated heterocycles. The number of aryl methyl sites for hydroxylation is 2. The largest absolute Gasteiger partial charge is 0.365 e. The molecule has 0 bridgehead atoms. The number of rotatable bonds is 1. The Morgan fingerprint density at radius 2 is 1.94 bits per heavy atom. The SMILES string of the molecule is NC(=O)c1cc2c(s1)-c1ccccc1CCC2. The summed E-state index contributed by atoms with van der Waals surface area (Å²) in [5.74, 6) is -0.319. The number of hydrogen-bond donors (Lipinski definition) is 1. The predicted molar refractivity (Wildman–Crippen MR) is 70.3 cm³/mol. The molecule has 0 radical (unpaired) electrons. The first-order valence-electron chi connectivity index (χ1n) is 5.76. The van der Waals surface area contributed by atoms with Crippen LogP contribution in [0.15, 0.2) is 30.3 Å². The summed E-state index contributed by atoms with van der Waals surface area (Å²) in [5, 5.41) is 0. The number of hydrogen-bond acceptors (Lipinski definition) is 2. The molecule has 0 spiro atoms. The second-order valence-corrected chi connectivity index (χ2v) is 5.39. The highest BCUT2D eigenvalue weighted by molar-refractivity contribution is 7.17. The molecule has 86 valence electrons. The van der Waals surface area contributed by atoms with E-state index in [0.29, 0.717) is 4.88 Å². The smallest absolute Gasteiger partial charge is 0.258 e. The van der Waals surface area contributed by atoms with Crippen LogP contribution in [-0.4, -0.2) is 5.91 Å². The Hall–Kier alpha value is -1.61. The van der Waals surface area contributed by atoms with Crippen molar-refractivity contribution in [1.82, 2.24) is 0 Å². The van der Waals surface area contributed by atoms with Crippen molar-refractivity contribution in [3.8, 4) is 10.4 Å². The summed E-state index contributed by atoms with van der Waals surface area (Å²) in [4.78, 5) is 13.2. The van der Waals surface area contributed by atoms with Crippen molar-refractivity contribution < 1.29 is 4.79 Å². The third kappa shape index (κ3) is 1.76. The third-order valence-corrected chi connectivity index (χ3v) is 4.43. The van der Waals surface area contributed by atoms with Gasteiger partial charge in [-0.3, -0.25) is 4.79 Å². The fraction of sp³-hybridized carbons (Fsp3) is 0.214. The molecule has 2 nitrogen and oxygen atoms in total. The highest BCUT2D eigenvalue weighted by Crippen LogP contribution is 2.38. The Morgan fingerprint density at radius 3 is 2.76 bits per heavy atom. The van der Waals surface area contributed by atoms with E-state index in [9.17, 15) is 4.79 Å². The van der Waals surface area contributed by atoms with E-state index in [1.807, 2.05) is 6.07 Å². The van der Waals surface area contributed by atoms with Gasteiger partial charge in [-0.25, -0.2) is 0 Å². The zero-order valence-electron chi connectivity index (χ0n) is 9.40. The summed E-state index contributed by atoms with van der Waals surface area (Å²) in [6, 6.07) is 10.4. The molecule has 0 unspecified atom stereocenters. The average molecular weight is 243 g/mol. The average Bonchev–Trinajstić information content (AvgIpc) is 2.67. The summed E-state index contributed by atoms with van der Waals surface area (Å²) < 4.78 is 0. The van der Waals surface area contributed by atoms with Crippen molar-refractivity contribution in [2.45, 2.75) is 19.3 Å². The van der Waals surface area contributed by atoms with Gasteiger partial charge in [0.25, 0.3) is 5.91 Å². The molecule has 1 aliphatic rings. The number of thiophene rings is 1. The summed E-state index contributed by atoms with van der Waals surface area (Å²) in [6.07, 6.45) is 3.29. The van der Waals surface area contributed by atoms with E-state index >= 15 is 0 Å². The normalized spacial score (nSPS) is 13.6. The van der Waals surface area contributed by atoms with Gasteiger partial charge in [0, 0.05) is 4.88 Å². The van der Waals surface area contributed by atoms with Gasteiger partial charge in [-0.05, 0) is 42.0 Å². The van der Waals surface area contributed by atoms with E-state index in [4.69, 9.17) is 5.73 Å². The van der Waals surface area contributed by atoms with Gasteiger partial charge in [0.1, 0.15) is 0 Å². The van der Waals surface area contributed by atoms with E-state index < -0.39 is 0 Å². The van der Waals surface area contributed by atoms with Crippen LogP contribution in [0.5, 0.6) is 0 Å². The minimum absolute atomic E-state index is 0.319. The Morgan fingerprint density at radius 1 is 1.18 bits per heavy atom. The highest BCUT2D eigenvalue weighted by atomic mass is 32.1. The molecule has 0 saturated carbocycles. The van der Waals surface area contributed by atoms with Crippen molar-refractivity contribution in [2.24, 2.45) is 5.73 Å². The number of amides is 1. The van der Waals surface area contributed by atoms with E-state index in [0.717, 1.165) is 19.3 Å². The van der Waals surface area contributed by atoms with Crippen LogP contribution in [0.4, 0.5) is 0 Å². The molecule has 2 aromatic rings. The Bertz CT molecular complexity index is 586. The second kappa shape index (κ2) is 4.00. The van der Waals surface area contributed by atoms with Crippen LogP contribution in [0.3, 0.4) is 0 Å². The zero-order valence-corrected chi connectivity index (χ0v) is 10.2. The number of nitrogens with two attached hydrogens (primary N) is 1. The summed E-state index contributed by atoms with van der Waals surface area (Å²) in [6.45, 7) is 0. The molecule has 17 heavy (non-hydrogen) atoms. The lowest BCUT2D eigenvalue weighted by molar-refractivity contribution is 0.100. The number of carbonyl (C=O) groups excluding carboxylic acids is 1. The van der Waals surface area contributed by atoms with Crippen LogP contribution >= 0.6 is 11.3 Å². The quantitative estimate of drug-likeness (QED) is 0.822. The number of carbonyl (C=O) groups is 1. The molecule has 0 aliphatic heterocycles. The molecule has 3 heteroatoms. The Labute approximate surface area is 104 Å². The molecule has 0 fully saturated rings. The molecule has 1 heterocycles. The maximum absolute atomic E-state index is 11.2. The summed E-state index contributed by atoms with van der Waals surface area (Å²) >= 11 is 1.52. The van der Waals surface area contributed by atoms with E-state index in [-0.39, 0.29) is 5.91 Å². The molecule has 1 amide bonds. The molecule has 3 rings (SSSR count). The first-order chi connectivity index (χ1) is 8.25. The topological polar surface area (TPSA) is 43.1 Å². The van der Waals surface area contributed by atoms with Crippen molar-refractivity contribution in [3.63, 3.8) is 0 Å². The Kier molecular flexibility index (Phi) is 2.48. The fourth-order valence-electron chi connectivity index (χ4n) is 2.39. The van der Waals surface area contributed by atoms with Gasteiger partial charge < -0.3 is 5.73 Å². The maximum atomic E-state index is 11.2. The molecule has 1 aromatic heterocycles. The van der Waals surface area contributed by atoms with Crippen LogP contribution in [0, 0.1) is 0 Å². The second-order valence-electron chi connectivity index (χ2n) is 4.34. The van der Waals surface area contributed by atoms with Crippen molar-refractivity contribution >= 4 is 17.2 Å². The van der Waals surface area contributed by atoms with Crippen molar-refractivity contribution in [3.05, 3.63) is 46.3 Å². The lowest BCUT2D eigenvalue weighted by atomic mass is 10.0. The molecule has 0 atom stereocenters. The first kappa shape index (κ1) is 10.5. The van der Waals surface area contributed by atoms with Gasteiger partial charge in [0.15, 0.2) is 0 Å². The van der Waals surface area contributed by atoms with Gasteiger partial charge in [-0.1, -0.05) is 24.3 Å². The molecule has 2 N–H and O–H groups in total. The minimum Gasteiger partial charge on any atom is -0.365 e. The van der Waals surface area contributed by atoms with E-state index in [1.54, 1.807) is 0 Å². The van der Waals surface area contributed by atoms with Gasteiger partial charge in [-0.15, -0.1) is 11.3 Å². The number of fused-ring (bicyclic) bond motifs is 3. The minimum atomic E-state index is -0.319. The van der Waals surface area contributed by atoms with Gasteiger partial charge in [-0.2, -0.15) is 0 Å². The number of primary amides is 1. The molecule has 1 aliphatic carbocycles. The van der Waals surface area contributed by atoms with Gasteiger partial charge in [0.2, 0.25) is 0 Å². The van der Waals surface area contributed by atoms with Crippen LogP contribution in [-0.2, 0) is 12.8 Å². The van der Waals surface area contributed by atoms with Crippen LogP contribution in [0.25, 0.3) is 10.4 Å². The monoisotopic (exact) mass is 243 g/mol. The van der Waals surface area contributed by atoms with Gasteiger partial charge in [0.05, 0.1) is 4.88 Å². The lowest BCUT2D eigenvalue weighted by Crippen LogP contribution is -2.08. The van der Waals surface area contributed by atoms with Crippen LogP contribution < -0.4 is 5.73 Å². The maximum Gasteiger partial charge on any atom is 0.258 e. The molecular weight excluding hydrogens is 230 g/mol. The molecule has 1 aromatic carbocycles. The highest BCUT2D eigenvalue weighted by Gasteiger charge is 2.18. The standard InChI is InChI=1S/C14H13NOS/c15-14(16)12-8-10-6-3-5-9-4-1-2-7-11(9)13(10)17-12/h1-2,4,7-8H,3,5-6H2,(H2,15,16). The summed E-state index contributed by atoms with van der Waals surface area (Å²) in [5.41, 5.74) is 9.28.